The number of anilines is 1. The second-order valence-corrected chi connectivity index (χ2v) is 9.12. The van der Waals surface area contributed by atoms with Crippen LogP contribution in [0.15, 0.2) is 23.1 Å². The molecular formula is C23H28N8O2. The molecule has 10 heteroatoms. The SMILES string of the molecule is Cc1cc(C)c(CNC(=O)c2nc(N3C[C@@H]4C(N)[C@@H]4C3)nc(-c3ccnn3C)c2C)c(=O)[nH]1. The van der Waals surface area contributed by atoms with Gasteiger partial charge in [-0.3, -0.25) is 14.3 Å². The van der Waals surface area contributed by atoms with Gasteiger partial charge in [-0.1, -0.05) is 0 Å². The molecule has 1 amide bonds. The first-order chi connectivity index (χ1) is 15.7. The van der Waals surface area contributed by atoms with E-state index in [9.17, 15) is 9.59 Å². The Morgan fingerprint density at radius 1 is 1.24 bits per heavy atom. The Morgan fingerprint density at radius 2 is 1.97 bits per heavy atom. The summed E-state index contributed by atoms with van der Waals surface area (Å²) in [4.78, 5) is 40.0. The van der Waals surface area contributed by atoms with Crippen LogP contribution in [0.2, 0.25) is 0 Å². The van der Waals surface area contributed by atoms with Crippen LogP contribution in [0.5, 0.6) is 0 Å². The summed E-state index contributed by atoms with van der Waals surface area (Å²) in [6.07, 6.45) is 1.70. The first-order valence-electron chi connectivity index (χ1n) is 11.1. The third-order valence-corrected chi connectivity index (χ3v) is 6.88. The van der Waals surface area contributed by atoms with Crippen molar-refractivity contribution in [1.29, 1.82) is 0 Å². The number of rotatable bonds is 5. The van der Waals surface area contributed by atoms with Crippen LogP contribution in [0, 0.1) is 32.6 Å². The minimum Gasteiger partial charge on any atom is -0.346 e. The van der Waals surface area contributed by atoms with E-state index in [2.05, 4.69) is 25.3 Å². The Hall–Kier alpha value is -3.53. The average molecular weight is 449 g/mol. The smallest absolute Gasteiger partial charge is 0.270 e. The van der Waals surface area contributed by atoms with Crippen LogP contribution in [0.3, 0.4) is 0 Å². The van der Waals surface area contributed by atoms with Gasteiger partial charge in [0.25, 0.3) is 11.5 Å². The molecule has 10 nitrogen and oxygen atoms in total. The molecule has 1 saturated heterocycles. The Bertz CT molecular complexity index is 1300. The number of carbonyl (C=O) groups is 1. The first kappa shape index (κ1) is 21.3. The number of nitrogens with zero attached hydrogens (tertiary/aromatic N) is 5. The van der Waals surface area contributed by atoms with Gasteiger partial charge in [0, 0.05) is 55.7 Å². The molecule has 0 aromatic carbocycles. The fourth-order valence-corrected chi connectivity index (χ4v) is 4.81. The maximum absolute atomic E-state index is 13.3. The monoisotopic (exact) mass is 448 g/mol. The lowest BCUT2D eigenvalue weighted by molar-refractivity contribution is 0.0945. The minimum atomic E-state index is -0.347. The summed E-state index contributed by atoms with van der Waals surface area (Å²) < 4.78 is 1.73. The lowest BCUT2D eigenvalue weighted by atomic mass is 10.1. The summed E-state index contributed by atoms with van der Waals surface area (Å²) >= 11 is 0. The number of nitrogens with two attached hydrogens (primary N) is 1. The van der Waals surface area contributed by atoms with Gasteiger partial charge in [0.05, 0.1) is 11.4 Å². The third kappa shape index (κ3) is 3.70. The Morgan fingerprint density at radius 3 is 2.61 bits per heavy atom. The highest BCUT2D eigenvalue weighted by atomic mass is 16.2. The lowest BCUT2D eigenvalue weighted by Crippen LogP contribution is -2.32. The molecular weight excluding hydrogens is 420 g/mol. The number of aromatic amines is 1. The van der Waals surface area contributed by atoms with Crippen LogP contribution in [-0.2, 0) is 13.6 Å². The van der Waals surface area contributed by atoms with Gasteiger partial charge < -0.3 is 20.9 Å². The molecule has 3 aromatic rings. The molecule has 2 aliphatic rings. The molecule has 5 rings (SSSR count). The molecule has 1 unspecified atom stereocenters. The number of aryl methyl sites for hydroxylation is 3. The lowest BCUT2D eigenvalue weighted by Gasteiger charge is -2.21. The van der Waals surface area contributed by atoms with Gasteiger partial charge in [-0.15, -0.1) is 0 Å². The number of pyridine rings is 1. The summed E-state index contributed by atoms with van der Waals surface area (Å²) in [6.45, 7) is 7.22. The predicted molar refractivity (Wildman–Crippen MR) is 124 cm³/mol. The standard InChI is InChI=1S/C23H28N8O2/c1-11-7-12(2)27-21(32)14(11)8-25-22(33)20-13(3)19(17-5-6-26-30(17)4)28-23(29-20)31-9-15-16(10-31)18(15)24/h5-7,15-16,18H,8-10,24H2,1-4H3,(H,25,33)(H,27,32)/t15-,16+,18?. The van der Waals surface area contributed by atoms with Gasteiger partial charge in [0.1, 0.15) is 5.69 Å². The van der Waals surface area contributed by atoms with E-state index in [1.807, 2.05) is 40.0 Å². The quantitative estimate of drug-likeness (QED) is 0.526. The maximum atomic E-state index is 13.3. The number of nitrogens with one attached hydrogen (secondary N) is 2. The van der Waals surface area contributed by atoms with Crippen molar-refractivity contribution in [2.45, 2.75) is 33.4 Å². The normalized spacial score (nSPS) is 21.2. The molecule has 1 saturated carbocycles. The van der Waals surface area contributed by atoms with Crippen molar-refractivity contribution in [3.63, 3.8) is 0 Å². The average Bonchev–Trinajstić information content (AvgIpc) is 3.13. The van der Waals surface area contributed by atoms with E-state index in [0.29, 0.717) is 40.3 Å². The van der Waals surface area contributed by atoms with Gasteiger partial charge in [0.2, 0.25) is 5.95 Å². The summed E-state index contributed by atoms with van der Waals surface area (Å²) in [5, 5.41) is 7.13. The van der Waals surface area contributed by atoms with Crippen LogP contribution in [0.4, 0.5) is 5.95 Å². The summed E-state index contributed by atoms with van der Waals surface area (Å²) in [5.41, 5.74) is 10.5. The van der Waals surface area contributed by atoms with Crippen LogP contribution < -0.4 is 21.5 Å². The Kier molecular flexibility index (Phi) is 5.04. The molecule has 0 radical (unpaired) electrons. The highest BCUT2D eigenvalue weighted by Crippen LogP contribution is 2.44. The van der Waals surface area contributed by atoms with Crippen molar-refractivity contribution in [2.24, 2.45) is 24.6 Å². The van der Waals surface area contributed by atoms with Gasteiger partial charge >= 0.3 is 0 Å². The summed E-state index contributed by atoms with van der Waals surface area (Å²) in [7, 11) is 1.84. The second kappa shape index (κ2) is 7.80. The van der Waals surface area contributed by atoms with Crippen molar-refractivity contribution >= 4 is 11.9 Å². The van der Waals surface area contributed by atoms with E-state index in [4.69, 9.17) is 10.7 Å². The molecule has 2 fully saturated rings. The fraction of sp³-hybridized carbons (Fsp3) is 0.435. The number of aromatic nitrogens is 5. The highest BCUT2D eigenvalue weighted by Gasteiger charge is 2.54. The zero-order valence-corrected chi connectivity index (χ0v) is 19.2. The second-order valence-electron chi connectivity index (χ2n) is 9.12. The van der Waals surface area contributed by atoms with Crippen molar-refractivity contribution < 1.29 is 4.79 Å². The number of hydrogen-bond donors (Lipinski definition) is 3. The van der Waals surface area contributed by atoms with Gasteiger partial charge in [-0.25, -0.2) is 9.97 Å². The van der Waals surface area contributed by atoms with Crippen LogP contribution in [-0.4, -0.2) is 49.8 Å². The van der Waals surface area contributed by atoms with Gasteiger partial charge in [0.15, 0.2) is 0 Å². The van der Waals surface area contributed by atoms with E-state index in [-0.39, 0.29) is 24.1 Å². The minimum absolute atomic E-state index is 0.114. The first-order valence-corrected chi connectivity index (χ1v) is 11.1. The van der Waals surface area contributed by atoms with Crippen LogP contribution >= 0.6 is 0 Å². The molecule has 0 bridgehead atoms. The topological polar surface area (TPSA) is 135 Å². The maximum Gasteiger partial charge on any atom is 0.270 e. The van der Waals surface area contributed by atoms with E-state index < -0.39 is 0 Å². The number of amides is 1. The molecule has 172 valence electrons. The van der Waals surface area contributed by atoms with Crippen LogP contribution in [0.25, 0.3) is 11.4 Å². The third-order valence-electron chi connectivity index (χ3n) is 6.88. The van der Waals surface area contributed by atoms with Crippen molar-refractivity contribution in [3.8, 4) is 11.4 Å². The zero-order chi connectivity index (χ0) is 23.4. The Balaban J connectivity index is 1.48. The Labute approximate surface area is 191 Å². The highest BCUT2D eigenvalue weighted by molar-refractivity contribution is 5.95. The van der Waals surface area contributed by atoms with Gasteiger partial charge in [-0.05, 0) is 50.3 Å². The number of fused-ring (bicyclic) bond motifs is 1. The number of piperidine rings is 1. The summed E-state index contributed by atoms with van der Waals surface area (Å²) in [5.74, 6) is 1.10. The number of hydrogen-bond acceptors (Lipinski definition) is 7. The molecule has 3 atom stereocenters. The molecule has 3 aromatic heterocycles. The predicted octanol–water partition coefficient (Wildman–Crippen LogP) is 0.814. The van der Waals surface area contributed by atoms with E-state index in [1.165, 1.54) is 0 Å². The van der Waals surface area contributed by atoms with Crippen molar-refractivity contribution in [3.05, 3.63) is 56.8 Å². The van der Waals surface area contributed by atoms with E-state index in [1.54, 1.807) is 10.9 Å². The van der Waals surface area contributed by atoms with E-state index >= 15 is 0 Å². The van der Waals surface area contributed by atoms with Gasteiger partial charge in [-0.2, -0.15) is 5.10 Å². The van der Waals surface area contributed by atoms with Crippen molar-refractivity contribution in [2.75, 3.05) is 18.0 Å². The number of H-pyrrole nitrogens is 1. The largest absolute Gasteiger partial charge is 0.346 e. The van der Waals surface area contributed by atoms with Crippen LogP contribution in [0.1, 0.15) is 32.9 Å². The van der Waals surface area contributed by atoms with Crippen molar-refractivity contribution in [1.82, 2.24) is 30.0 Å². The zero-order valence-electron chi connectivity index (χ0n) is 19.2. The fourth-order valence-electron chi connectivity index (χ4n) is 4.81. The molecule has 4 heterocycles. The molecule has 0 spiro atoms. The van der Waals surface area contributed by atoms with E-state index in [0.717, 1.165) is 30.0 Å². The number of carbonyl (C=O) groups excluding carboxylic acids is 1. The molecule has 4 N–H and O–H groups in total. The molecule has 1 aliphatic carbocycles. The molecule has 33 heavy (non-hydrogen) atoms. The molecule has 1 aliphatic heterocycles. The summed E-state index contributed by atoms with van der Waals surface area (Å²) in [6, 6.07) is 4.01.